The molecule has 0 spiro atoms. The number of nitrogens with zero attached hydrogens (tertiary/aromatic N) is 2. The van der Waals surface area contributed by atoms with Gasteiger partial charge < -0.3 is 14.4 Å². The monoisotopic (exact) mass is 390 g/mol. The fourth-order valence-electron chi connectivity index (χ4n) is 2.72. The summed E-state index contributed by atoms with van der Waals surface area (Å²) < 4.78 is 11.1. The number of benzene rings is 1. The van der Waals surface area contributed by atoms with Gasteiger partial charge in [0.1, 0.15) is 11.6 Å². The first-order valence-corrected chi connectivity index (χ1v) is 10.3. The van der Waals surface area contributed by atoms with Crippen LogP contribution in [0.15, 0.2) is 29.6 Å². The van der Waals surface area contributed by atoms with Crippen molar-refractivity contribution in [1.82, 2.24) is 9.88 Å². The molecule has 0 aliphatic heterocycles. The Morgan fingerprint density at radius 1 is 1.22 bits per heavy atom. The van der Waals surface area contributed by atoms with E-state index in [0.717, 1.165) is 17.1 Å². The van der Waals surface area contributed by atoms with Gasteiger partial charge in [0, 0.05) is 17.8 Å². The molecule has 0 saturated carbocycles. The van der Waals surface area contributed by atoms with E-state index in [1.807, 2.05) is 34.5 Å². The van der Waals surface area contributed by atoms with Crippen LogP contribution in [0.2, 0.25) is 0 Å². The molecule has 0 bridgehead atoms. The number of ether oxygens (including phenoxy) is 2. The summed E-state index contributed by atoms with van der Waals surface area (Å²) in [7, 11) is 1.63. The molecule has 0 N–H and O–H groups in total. The molecule has 0 aliphatic rings. The lowest BCUT2D eigenvalue weighted by molar-refractivity contribution is -0.134. The second-order valence-electron chi connectivity index (χ2n) is 7.05. The van der Waals surface area contributed by atoms with Crippen LogP contribution in [0.4, 0.5) is 0 Å². The first-order chi connectivity index (χ1) is 12.9. The van der Waals surface area contributed by atoms with Crippen molar-refractivity contribution in [3.63, 3.8) is 0 Å². The van der Waals surface area contributed by atoms with Crippen molar-refractivity contribution in [2.75, 3.05) is 7.11 Å². The van der Waals surface area contributed by atoms with Gasteiger partial charge in [-0.25, -0.2) is 4.98 Å². The van der Waals surface area contributed by atoms with E-state index in [2.05, 4.69) is 32.7 Å². The Morgan fingerprint density at radius 2 is 1.93 bits per heavy atom. The number of thiazole rings is 1. The average molecular weight is 391 g/mol. The van der Waals surface area contributed by atoms with Crippen LogP contribution >= 0.6 is 11.3 Å². The van der Waals surface area contributed by atoms with Gasteiger partial charge in [-0.2, -0.15) is 0 Å². The van der Waals surface area contributed by atoms with Crippen LogP contribution in [-0.2, 0) is 17.9 Å². The van der Waals surface area contributed by atoms with Crippen molar-refractivity contribution in [2.24, 2.45) is 5.92 Å². The van der Waals surface area contributed by atoms with Crippen molar-refractivity contribution in [1.29, 1.82) is 0 Å². The van der Waals surface area contributed by atoms with E-state index in [-0.39, 0.29) is 11.9 Å². The molecule has 2 rings (SSSR count). The third kappa shape index (κ3) is 6.24. The first kappa shape index (κ1) is 21.2. The minimum atomic E-state index is 0.194. The predicted molar refractivity (Wildman–Crippen MR) is 109 cm³/mol. The molecule has 1 aromatic heterocycles. The number of rotatable bonds is 10. The molecule has 2 aromatic rings. The Bertz CT molecular complexity index is 730. The Labute approximate surface area is 166 Å². The van der Waals surface area contributed by atoms with Gasteiger partial charge in [0.15, 0.2) is 11.5 Å². The second kappa shape index (κ2) is 10.3. The van der Waals surface area contributed by atoms with E-state index < -0.39 is 0 Å². The molecule has 1 amide bonds. The lowest BCUT2D eigenvalue weighted by atomic mass is 10.1. The summed E-state index contributed by atoms with van der Waals surface area (Å²) in [5, 5.41) is 2.90. The smallest absolute Gasteiger partial charge is 0.223 e. The van der Waals surface area contributed by atoms with Crippen molar-refractivity contribution >= 4 is 17.2 Å². The van der Waals surface area contributed by atoms with Crippen LogP contribution in [0.5, 0.6) is 11.5 Å². The lowest BCUT2D eigenvalue weighted by Gasteiger charge is -2.28. The second-order valence-corrected chi connectivity index (χ2v) is 7.99. The highest BCUT2D eigenvalue weighted by Crippen LogP contribution is 2.27. The number of aromatic nitrogens is 1. The van der Waals surface area contributed by atoms with Gasteiger partial charge in [0.2, 0.25) is 5.91 Å². The number of methoxy groups -OCH3 is 1. The summed E-state index contributed by atoms with van der Waals surface area (Å²) in [5.74, 6) is 1.95. The molecule has 5 nitrogen and oxygen atoms in total. The Morgan fingerprint density at radius 3 is 2.56 bits per heavy atom. The number of hydrogen-bond acceptors (Lipinski definition) is 5. The van der Waals surface area contributed by atoms with Crippen LogP contribution in [0.3, 0.4) is 0 Å². The first-order valence-electron chi connectivity index (χ1n) is 9.43. The molecule has 0 aliphatic carbocycles. The van der Waals surface area contributed by atoms with E-state index in [9.17, 15) is 4.79 Å². The fourth-order valence-corrected chi connectivity index (χ4v) is 3.41. The zero-order chi connectivity index (χ0) is 19.8. The zero-order valence-electron chi connectivity index (χ0n) is 16.9. The fraction of sp³-hybridized carbons (Fsp3) is 0.524. The summed E-state index contributed by atoms with van der Waals surface area (Å²) in [6.45, 7) is 9.27. The molecule has 27 heavy (non-hydrogen) atoms. The van der Waals surface area contributed by atoms with Crippen LogP contribution in [-0.4, -0.2) is 28.9 Å². The molecule has 0 fully saturated rings. The van der Waals surface area contributed by atoms with E-state index in [1.54, 1.807) is 18.4 Å². The zero-order valence-corrected chi connectivity index (χ0v) is 17.7. The van der Waals surface area contributed by atoms with Gasteiger partial charge in [-0.05, 0) is 31.4 Å². The van der Waals surface area contributed by atoms with Crippen LogP contribution in [0.1, 0.15) is 51.2 Å². The average Bonchev–Trinajstić information content (AvgIpc) is 3.11. The van der Waals surface area contributed by atoms with Crippen LogP contribution in [0.25, 0.3) is 0 Å². The van der Waals surface area contributed by atoms with Gasteiger partial charge in [-0.1, -0.05) is 32.9 Å². The summed E-state index contributed by atoms with van der Waals surface area (Å²) in [6, 6.07) is 7.77. The number of carbonyl (C=O) groups is 1. The molecule has 148 valence electrons. The van der Waals surface area contributed by atoms with Crippen LogP contribution in [0, 0.1) is 5.92 Å². The van der Waals surface area contributed by atoms with Crippen molar-refractivity contribution in [2.45, 2.75) is 59.7 Å². The van der Waals surface area contributed by atoms with E-state index in [4.69, 9.17) is 9.47 Å². The summed E-state index contributed by atoms with van der Waals surface area (Å²) >= 11 is 1.55. The maximum atomic E-state index is 12.6. The predicted octanol–water partition coefficient (Wildman–Crippen LogP) is 4.90. The molecule has 0 radical (unpaired) electrons. The third-order valence-corrected chi connectivity index (χ3v) is 5.25. The maximum Gasteiger partial charge on any atom is 0.223 e. The Balaban J connectivity index is 2.01. The van der Waals surface area contributed by atoms with Gasteiger partial charge in [-0.3, -0.25) is 4.79 Å². The molecule has 0 saturated heterocycles. The molecule has 1 aromatic carbocycles. The summed E-state index contributed by atoms with van der Waals surface area (Å²) in [5.41, 5.74) is 0.913. The highest BCUT2D eigenvalue weighted by Gasteiger charge is 2.21. The van der Waals surface area contributed by atoms with E-state index in [0.29, 0.717) is 37.0 Å². The SMILES string of the molecule is CC[C@H](C)N(Cc1csc(COc2ccccc2OC)n1)C(=O)CC(C)C. The standard InChI is InChI=1S/C21H30N2O3S/c1-6-16(4)23(21(24)11-15(2)3)12-17-14-27-20(22-17)13-26-19-10-8-7-9-18(19)25-5/h7-10,14-16H,6,11-13H2,1-5H3/t16-/m0/s1. The quantitative estimate of drug-likeness (QED) is 0.579. The maximum absolute atomic E-state index is 12.6. The van der Waals surface area contributed by atoms with Gasteiger partial charge in [0.05, 0.1) is 19.3 Å². The summed E-state index contributed by atoms with van der Waals surface area (Å²) in [4.78, 5) is 19.2. The number of carbonyl (C=O) groups excluding carboxylic acids is 1. The van der Waals surface area contributed by atoms with Gasteiger partial charge in [0.25, 0.3) is 0 Å². The number of amides is 1. The minimum absolute atomic E-state index is 0.194. The Hall–Kier alpha value is -2.08. The third-order valence-electron chi connectivity index (χ3n) is 4.38. The van der Waals surface area contributed by atoms with E-state index in [1.165, 1.54) is 0 Å². The summed E-state index contributed by atoms with van der Waals surface area (Å²) in [6.07, 6.45) is 1.50. The molecular formula is C21H30N2O3S. The molecule has 6 heteroatoms. The van der Waals surface area contributed by atoms with Crippen molar-refractivity contribution in [3.8, 4) is 11.5 Å². The normalized spacial score (nSPS) is 12.1. The van der Waals surface area contributed by atoms with E-state index >= 15 is 0 Å². The highest BCUT2D eigenvalue weighted by atomic mass is 32.1. The highest BCUT2D eigenvalue weighted by molar-refractivity contribution is 7.09. The minimum Gasteiger partial charge on any atom is -0.493 e. The molecule has 1 atom stereocenters. The van der Waals surface area contributed by atoms with Crippen molar-refractivity contribution in [3.05, 3.63) is 40.3 Å². The molecule has 1 heterocycles. The van der Waals surface area contributed by atoms with Gasteiger partial charge in [-0.15, -0.1) is 11.3 Å². The lowest BCUT2D eigenvalue weighted by Crippen LogP contribution is -2.38. The topological polar surface area (TPSA) is 51.7 Å². The Kier molecular flexibility index (Phi) is 8.10. The van der Waals surface area contributed by atoms with Gasteiger partial charge >= 0.3 is 0 Å². The van der Waals surface area contributed by atoms with Crippen LogP contribution < -0.4 is 9.47 Å². The molecular weight excluding hydrogens is 360 g/mol. The molecule has 0 unspecified atom stereocenters. The van der Waals surface area contributed by atoms with Crippen molar-refractivity contribution < 1.29 is 14.3 Å². The largest absolute Gasteiger partial charge is 0.493 e. The number of hydrogen-bond donors (Lipinski definition) is 0. The number of para-hydroxylation sites is 2.